The van der Waals surface area contributed by atoms with Gasteiger partial charge in [-0.05, 0) is 12.1 Å². The lowest BCUT2D eigenvalue weighted by Gasteiger charge is -2.15. The predicted molar refractivity (Wildman–Crippen MR) is 61.6 cm³/mol. The van der Waals surface area contributed by atoms with Crippen molar-refractivity contribution < 1.29 is 18.8 Å². The second-order valence-electron chi connectivity index (χ2n) is 3.71. The first-order valence-electron chi connectivity index (χ1n) is 5.17. The smallest absolute Gasteiger partial charge is 0.328 e. The number of carbonyl (C=O) groups is 3. The van der Waals surface area contributed by atoms with Gasteiger partial charge in [0.05, 0.1) is 17.9 Å². The minimum absolute atomic E-state index is 0.0764. The van der Waals surface area contributed by atoms with Crippen LogP contribution in [-0.2, 0) is 9.59 Å². The maximum absolute atomic E-state index is 14.0. The van der Waals surface area contributed by atoms with Gasteiger partial charge in [0.1, 0.15) is 0 Å². The van der Waals surface area contributed by atoms with E-state index in [2.05, 4.69) is 10.6 Å². The van der Waals surface area contributed by atoms with E-state index in [-0.39, 0.29) is 17.9 Å². The van der Waals surface area contributed by atoms with Crippen LogP contribution in [0.1, 0.15) is 6.92 Å². The predicted octanol–water partition coefficient (Wildman–Crippen LogP) is 0.840. The minimum atomic E-state index is -0.821. The first-order chi connectivity index (χ1) is 8.50. The van der Waals surface area contributed by atoms with E-state index >= 15 is 0 Å². The zero-order valence-corrected chi connectivity index (χ0v) is 9.49. The van der Waals surface area contributed by atoms with Crippen molar-refractivity contribution in [3.8, 4) is 0 Å². The van der Waals surface area contributed by atoms with Crippen molar-refractivity contribution in [3.63, 3.8) is 0 Å². The first-order valence-corrected chi connectivity index (χ1v) is 5.17. The molecule has 6 nitrogen and oxygen atoms in total. The van der Waals surface area contributed by atoms with Crippen molar-refractivity contribution >= 4 is 29.2 Å². The molecular weight excluding hydrogens is 241 g/mol. The van der Waals surface area contributed by atoms with Crippen molar-refractivity contribution in [1.82, 2.24) is 5.32 Å². The van der Waals surface area contributed by atoms with E-state index in [1.807, 2.05) is 0 Å². The van der Waals surface area contributed by atoms with Crippen LogP contribution in [0.5, 0.6) is 0 Å². The van der Waals surface area contributed by atoms with Crippen LogP contribution in [0, 0.1) is 5.82 Å². The van der Waals surface area contributed by atoms with Gasteiger partial charge in [0.15, 0.2) is 5.82 Å². The fourth-order valence-corrected chi connectivity index (χ4v) is 1.65. The fraction of sp³-hybridized carbons (Fsp3) is 0.182. The molecule has 0 bridgehead atoms. The summed E-state index contributed by atoms with van der Waals surface area (Å²) < 4.78 is 14.0. The molecule has 0 aliphatic carbocycles. The number of nitrogens with one attached hydrogen (secondary N) is 2. The zero-order valence-electron chi connectivity index (χ0n) is 9.49. The van der Waals surface area contributed by atoms with E-state index in [0.29, 0.717) is 4.90 Å². The summed E-state index contributed by atoms with van der Waals surface area (Å²) in [5.41, 5.74) is -0.256. The largest absolute Gasteiger partial charge is 0.329 e. The number of hydrogen-bond donors (Lipinski definition) is 2. The molecule has 1 aromatic carbocycles. The summed E-state index contributed by atoms with van der Waals surface area (Å²) >= 11 is 0. The molecule has 0 saturated carbocycles. The number of urea groups is 1. The van der Waals surface area contributed by atoms with Crippen LogP contribution in [0.15, 0.2) is 18.2 Å². The Hall–Kier alpha value is -2.44. The van der Waals surface area contributed by atoms with Crippen molar-refractivity contribution in [3.05, 3.63) is 24.0 Å². The van der Waals surface area contributed by atoms with Gasteiger partial charge in [0.25, 0.3) is 5.91 Å². The Kier molecular flexibility index (Phi) is 2.97. The molecule has 1 fully saturated rings. The lowest BCUT2D eigenvalue weighted by atomic mass is 10.2. The maximum Gasteiger partial charge on any atom is 0.329 e. The average molecular weight is 251 g/mol. The van der Waals surface area contributed by atoms with E-state index in [1.165, 1.54) is 25.1 Å². The Balaban J connectivity index is 2.42. The van der Waals surface area contributed by atoms with Crippen molar-refractivity contribution in [2.75, 3.05) is 16.8 Å². The highest BCUT2D eigenvalue weighted by atomic mass is 19.1. The Bertz CT molecular complexity index is 528. The van der Waals surface area contributed by atoms with E-state index in [0.717, 1.165) is 0 Å². The molecule has 0 unspecified atom stereocenters. The van der Waals surface area contributed by atoms with Crippen LogP contribution >= 0.6 is 0 Å². The Morgan fingerprint density at radius 1 is 1.44 bits per heavy atom. The van der Waals surface area contributed by atoms with E-state index in [4.69, 9.17) is 0 Å². The van der Waals surface area contributed by atoms with E-state index in [1.54, 1.807) is 0 Å². The Labute approximate surface area is 102 Å². The highest BCUT2D eigenvalue weighted by Crippen LogP contribution is 2.27. The zero-order chi connectivity index (χ0) is 13.3. The summed E-state index contributed by atoms with van der Waals surface area (Å²) in [6, 6.07) is 3.41. The number of halogens is 1. The van der Waals surface area contributed by atoms with Gasteiger partial charge in [-0.3, -0.25) is 9.59 Å². The highest BCUT2D eigenvalue weighted by molar-refractivity contribution is 6.20. The third kappa shape index (κ3) is 2.02. The lowest BCUT2D eigenvalue weighted by Crippen LogP contribution is -2.31. The first kappa shape index (κ1) is 12.0. The molecule has 0 spiro atoms. The molecule has 0 aromatic heterocycles. The maximum atomic E-state index is 14.0. The number of carbonyl (C=O) groups excluding carboxylic acids is 3. The van der Waals surface area contributed by atoms with Crippen LogP contribution in [0.2, 0.25) is 0 Å². The van der Waals surface area contributed by atoms with Crippen LogP contribution in [-0.4, -0.2) is 24.4 Å². The molecule has 1 aromatic rings. The van der Waals surface area contributed by atoms with Crippen molar-refractivity contribution in [2.45, 2.75) is 6.92 Å². The third-order valence-corrected chi connectivity index (χ3v) is 2.37. The number of nitrogens with zero attached hydrogens (tertiary/aromatic N) is 1. The minimum Gasteiger partial charge on any atom is -0.328 e. The SMILES string of the molecule is CC(=O)Nc1cccc(N2C(=O)CNC2=O)c1F. The summed E-state index contributed by atoms with van der Waals surface area (Å²) in [7, 11) is 0. The topological polar surface area (TPSA) is 78.5 Å². The fourth-order valence-electron chi connectivity index (χ4n) is 1.65. The number of imide groups is 1. The normalized spacial score (nSPS) is 14.7. The summed E-state index contributed by atoms with van der Waals surface area (Å²) in [6.45, 7) is 1.07. The second-order valence-corrected chi connectivity index (χ2v) is 3.71. The molecule has 1 aliphatic rings. The molecule has 1 heterocycles. The van der Waals surface area contributed by atoms with Crippen LogP contribution in [0.4, 0.5) is 20.6 Å². The molecule has 18 heavy (non-hydrogen) atoms. The van der Waals surface area contributed by atoms with Gasteiger partial charge in [0.2, 0.25) is 5.91 Å². The van der Waals surface area contributed by atoms with Gasteiger partial charge < -0.3 is 10.6 Å². The Morgan fingerprint density at radius 3 is 2.72 bits per heavy atom. The van der Waals surface area contributed by atoms with Crippen molar-refractivity contribution in [1.29, 1.82) is 0 Å². The van der Waals surface area contributed by atoms with Crippen LogP contribution in [0.25, 0.3) is 0 Å². The average Bonchev–Trinajstić information content (AvgIpc) is 2.62. The van der Waals surface area contributed by atoms with Gasteiger partial charge >= 0.3 is 6.03 Å². The number of hydrogen-bond acceptors (Lipinski definition) is 3. The van der Waals surface area contributed by atoms with Gasteiger partial charge in [0, 0.05) is 6.92 Å². The number of anilines is 2. The Morgan fingerprint density at radius 2 is 2.17 bits per heavy atom. The van der Waals surface area contributed by atoms with E-state index in [9.17, 15) is 18.8 Å². The number of rotatable bonds is 2. The van der Waals surface area contributed by atoms with Gasteiger partial charge in [-0.25, -0.2) is 14.1 Å². The molecule has 1 aliphatic heterocycles. The summed E-state index contributed by atoms with van der Waals surface area (Å²) in [5.74, 6) is -1.81. The molecular formula is C11H10FN3O3. The van der Waals surface area contributed by atoms with Gasteiger partial charge in [-0.15, -0.1) is 0 Å². The van der Waals surface area contributed by atoms with Gasteiger partial charge in [-0.2, -0.15) is 0 Å². The second kappa shape index (κ2) is 4.44. The van der Waals surface area contributed by atoms with Crippen molar-refractivity contribution in [2.24, 2.45) is 0 Å². The summed E-state index contributed by atoms with van der Waals surface area (Å²) in [4.78, 5) is 34.5. The number of amides is 4. The molecule has 1 saturated heterocycles. The molecule has 94 valence electrons. The third-order valence-electron chi connectivity index (χ3n) is 2.37. The summed E-state index contributed by atoms with van der Waals surface area (Å²) in [6.07, 6.45) is 0. The molecule has 0 atom stereocenters. The molecule has 4 amide bonds. The summed E-state index contributed by atoms with van der Waals surface area (Å²) in [5, 5.41) is 4.57. The van der Waals surface area contributed by atoms with Crippen LogP contribution < -0.4 is 15.5 Å². The molecule has 2 rings (SSSR count). The molecule has 2 N–H and O–H groups in total. The van der Waals surface area contributed by atoms with E-state index < -0.39 is 23.7 Å². The molecule has 7 heteroatoms. The van der Waals surface area contributed by atoms with Gasteiger partial charge in [-0.1, -0.05) is 6.07 Å². The quantitative estimate of drug-likeness (QED) is 0.764. The standard InChI is InChI=1S/C11H10FN3O3/c1-6(16)14-7-3-2-4-8(10(7)12)15-9(17)5-13-11(15)18/h2-4H,5H2,1H3,(H,13,18)(H,14,16). The number of benzene rings is 1. The lowest BCUT2D eigenvalue weighted by molar-refractivity contribution is -0.116. The van der Waals surface area contributed by atoms with Crippen LogP contribution in [0.3, 0.4) is 0 Å². The molecule has 0 radical (unpaired) electrons. The highest BCUT2D eigenvalue weighted by Gasteiger charge is 2.32. The monoisotopic (exact) mass is 251 g/mol.